The van der Waals surface area contributed by atoms with Crippen molar-refractivity contribution in [1.29, 1.82) is 0 Å². The Bertz CT molecular complexity index is 1790. The minimum atomic E-state index is -4.83. The number of nitrogens with zero attached hydrogens (tertiary/aromatic N) is 3. The first-order valence-electron chi connectivity index (χ1n) is 14.4. The number of amides is 2. The van der Waals surface area contributed by atoms with E-state index in [1.54, 1.807) is 18.7 Å². The van der Waals surface area contributed by atoms with Gasteiger partial charge in [0.25, 0.3) is 15.9 Å². The topological polar surface area (TPSA) is 99.7 Å². The highest BCUT2D eigenvalue weighted by molar-refractivity contribution is 7.92. The number of fused-ring (bicyclic) bond motifs is 2. The van der Waals surface area contributed by atoms with Crippen LogP contribution in [0.5, 0.6) is 0 Å². The number of halogens is 6. The maximum Gasteiger partial charge on any atom is 0.417 e. The predicted molar refractivity (Wildman–Crippen MR) is 155 cm³/mol. The summed E-state index contributed by atoms with van der Waals surface area (Å²) in [6.45, 7) is 4.68. The lowest BCUT2D eigenvalue weighted by molar-refractivity contribution is -0.138. The van der Waals surface area contributed by atoms with E-state index in [1.807, 2.05) is 0 Å². The second-order valence-corrected chi connectivity index (χ2v) is 13.6. The first kappa shape index (κ1) is 33.2. The van der Waals surface area contributed by atoms with E-state index >= 15 is 4.39 Å². The first-order valence-corrected chi connectivity index (χ1v) is 15.8. The molecule has 246 valence electrons. The second kappa shape index (κ2) is 11.9. The van der Waals surface area contributed by atoms with Gasteiger partial charge in [-0.25, -0.2) is 21.6 Å². The van der Waals surface area contributed by atoms with Crippen LogP contribution >= 0.6 is 0 Å². The summed E-state index contributed by atoms with van der Waals surface area (Å²) >= 11 is 0. The molecule has 15 heteroatoms. The van der Waals surface area contributed by atoms with Crippen LogP contribution in [0.3, 0.4) is 0 Å². The number of likely N-dealkylation sites (tertiary alicyclic amines) is 1. The van der Waals surface area contributed by atoms with Crippen molar-refractivity contribution < 1.29 is 44.3 Å². The zero-order valence-corrected chi connectivity index (χ0v) is 25.8. The number of hydrogen-bond acceptors (Lipinski definition) is 5. The van der Waals surface area contributed by atoms with Crippen molar-refractivity contribution >= 4 is 27.5 Å². The highest BCUT2D eigenvalue weighted by atomic mass is 32.2. The Labute approximate surface area is 261 Å². The number of carbonyl (C=O) groups excluding carboxylic acids is 2. The van der Waals surface area contributed by atoms with Gasteiger partial charge in [-0.2, -0.15) is 13.2 Å². The molecular weight excluding hydrogens is 638 g/mol. The molecule has 2 aliphatic rings. The molecule has 1 N–H and O–H groups in total. The Balaban J connectivity index is 1.58. The molecule has 8 nitrogen and oxygen atoms in total. The lowest BCUT2D eigenvalue weighted by Crippen LogP contribution is -2.55. The van der Waals surface area contributed by atoms with Crippen molar-refractivity contribution in [2.24, 2.45) is 5.92 Å². The molecule has 5 rings (SSSR count). The molecule has 1 aromatic heterocycles. The predicted octanol–water partition coefficient (Wildman–Crippen LogP) is 5.56. The fourth-order valence-corrected chi connectivity index (χ4v) is 8.47. The van der Waals surface area contributed by atoms with Crippen LogP contribution in [-0.2, 0) is 33.0 Å². The molecule has 1 unspecified atom stereocenters. The molecule has 2 aliphatic heterocycles. The quantitative estimate of drug-likeness (QED) is 0.347. The summed E-state index contributed by atoms with van der Waals surface area (Å²) in [5.41, 5.74) is -3.54. The minimum absolute atomic E-state index is 0.0104. The van der Waals surface area contributed by atoms with Gasteiger partial charge in [0, 0.05) is 37.2 Å². The first-order chi connectivity index (χ1) is 21.5. The largest absolute Gasteiger partial charge is 0.417 e. The van der Waals surface area contributed by atoms with Gasteiger partial charge in [0.15, 0.2) is 0 Å². The lowest BCUT2D eigenvalue weighted by atomic mass is 9.66. The summed E-state index contributed by atoms with van der Waals surface area (Å²) in [6.07, 6.45) is -4.08. The van der Waals surface area contributed by atoms with Gasteiger partial charge < -0.3 is 10.2 Å². The van der Waals surface area contributed by atoms with E-state index in [4.69, 9.17) is 0 Å². The Morgan fingerprint density at radius 2 is 1.67 bits per heavy atom. The number of nitrogens with one attached hydrogen (secondary N) is 1. The van der Waals surface area contributed by atoms with E-state index < -0.39 is 80.3 Å². The average molecular weight is 669 g/mol. The minimum Gasteiger partial charge on any atom is -0.346 e. The molecule has 1 fully saturated rings. The average Bonchev–Trinajstić information content (AvgIpc) is 3.27. The molecule has 1 saturated heterocycles. The maximum atomic E-state index is 16.7. The SMILES string of the molecule is CC(=O)N1CCC2(CC1)c1c(ccc(C(=O)NCc3ncc(C(F)(F)F)cc3F)c1F)N(S(=O)(=O)c1ccc(F)cc1)C2C(C)C. The van der Waals surface area contributed by atoms with Crippen LogP contribution in [0.4, 0.5) is 32.0 Å². The van der Waals surface area contributed by atoms with Gasteiger partial charge in [-0.05, 0) is 61.2 Å². The van der Waals surface area contributed by atoms with E-state index in [1.165, 1.54) is 13.0 Å². The summed E-state index contributed by atoms with van der Waals surface area (Å²) < 4.78 is 113. The monoisotopic (exact) mass is 668 g/mol. The van der Waals surface area contributed by atoms with Crippen molar-refractivity contribution in [3.05, 3.63) is 88.5 Å². The van der Waals surface area contributed by atoms with Gasteiger partial charge in [-0.3, -0.25) is 18.9 Å². The molecule has 0 radical (unpaired) electrons. The van der Waals surface area contributed by atoms with Crippen LogP contribution in [0.2, 0.25) is 0 Å². The highest BCUT2D eigenvalue weighted by Gasteiger charge is 2.58. The van der Waals surface area contributed by atoms with Crippen LogP contribution in [0.15, 0.2) is 53.6 Å². The number of piperidine rings is 1. The molecule has 1 spiro atoms. The van der Waals surface area contributed by atoms with E-state index in [9.17, 15) is 40.0 Å². The Hall–Kier alpha value is -4.14. The van der Waals surface area contributed by atoms with Crippen molar-refractivity contribution in [2.75, 3.05) is 17.4 Å². The molecule has 2 aromatic carbocycles. The number of rotatable bonds is 6. The zero-order valence-electron chi connectivity index (χ0n) is 25.0. The number of alkyl halides is 3. The molecule has 3 heterocycles. The van der Waals surface area contributed by atoms with Crippen molar-refractivity contribution in [3.8, 4) is 0 Å². The van der Waals surface area contributed by atoms with Gasteiger partial charge in [-0.1, -0.05) is 13.8 Å². The molecule has 46 heavy (non-hydrogen) atoms. The van der Waals surface area contributed by atoms with Crippen molar-refractivity contribution in [3.63, 3.8) is 0 Å². The Morgan fingerprint density at radius 1 is 1.04 bits per heavy atom. The van der Waals surface area contributed by atoms with Crippen molar-refractivity contribution in [1.82, 2.24) is 15.2 Å². The fourth-order valence-electron chi connectivity index (χ4n) is 6.61. The summed E-state index contributed by atoms with van der Waals surface area (Å²) in [5.74, 6) is -4.61. The molecule has 0 saturated carbocycles. The third kappa shape index (κ3) is 5.69. The zero-order chi connectivity index (χ0) is 33.8. The Morgan fingerprint density at radius 3 is 2.22 bits per heavy atom. The highest BCUT2D eigenvalue weighted by Crippen LogP contribution is 2.56. The third-order valence-electron chi connectivity index (χ3n) is 8.68. The number of benzene rings is 2. The van der Waals surface area contributed by atoms with Gasteiger partial charge in [0.05, 0.1) is 40.0 Å². The summed E-state index contributed by atoms with van der Waals surface area (Å²) in [5, 5.41) is 2.28. The number of anilines is 1. The normalized spacial score (nSPS) is 17.8. The van der Waals surface area contributed by atoms with E-state index in [-0.39, 0.29) is 54.1 Å². The van der Waals surface area contributed by atoms with E-state index in [2.05, 4.69) is 10.3 Å². The molecule has 1 atom stereocenters. The molecule has 0 bridgehead atoms. The van der Waals surface area contributed by atoms with Gasteiger partial charge in [0.1, 0.15) is 17.5 Å². The molecule has 3 aromatic rings. The van der Waals surface area contributed by atoms with Crippen molar-refractivity contribution in [2.45, 2.75) is 62.7 Å². The van der Waals surface area contributed by atoms with Crippen LogP contribution < -0.4 is 9.62 Å². The van der Waals surface area contributed by atoms with E-state index in [0.717, 1.165) is 34.6 Å². The number of carbonyl (C=O) groups is 2. The van der Waals surface area contributed by atoms with Gasteiger partial charge >= 0.3 is 6.18 Å². The van der Waals surface area contributed by atoms with E-state index in [0.29, 0.717) is 6.20 Å². The van der Waals surface area contributed by atoms with Gasteiger partial charge in [-0.15, -0.1) is 0 Å². The molecule has 2 amide bonds. The molecule has 0 aliphatic carbocycles. The summed E-state index contributed by atoms with van der Waals surface area (Å²) in [4.78, 5) is 30.2. The summed E-state index contributed by atoms with van der Waals surface area (Å²) in [6, 6.07) is 5.97. The van der Waals surface area contributed by atoms with Crippen LogP contribution in [0.1, 0.15) is 60.8 Å². The standard InChI is InChI=1S/C31H30F6N4O4S/c1-17(2)28-30(10-12-40(13-11-30)18(3)42)26-25(41(28)46(44,45)21-6-4-20(32)5-7-21)9-8-22(27(26)34)29(43)39-16-24-23(33)14-19(15-38-24)31(35,36)37/h4-9,14-15,17,28H,10-13,16H2,1-3H3,(H,39,43). The number of hydrogen-bond donors (Lipinski definition) is 1. The summed E-state index contributed by atoms with van der Waals surface area (Å²) in [7, 11) is -4.39. The number of pyridine rings is 1. The second-order valence-electron chi connectivity index (χ2n) is 11.8. The maximum absolute atomic E-state index is 16.7. The fraction of sp³-hybridized carbons (Fsp3) is 0.387. The smallest absolute Gasteiger partial charge is 0.346 e. The van der Waals surface area contributed by atoms with Crippen LogP contribution in [-0.4, -0.2) is 49.2 Å². The number of sulfonamides is 1. The van der Waals surface area contributed by atoms with Gasteiger partial charge in [0.2, 0.25) is 5.91 Å². The lowest BCUT2D eigenvalue weighted by Gasteiger charge is -2.46. The number of aromatic nitrogens is 1. The van der Waals surface area contributed by atoms with Crippen LogP contribution in [0, 0.1) is 23.4 Å². The molecular formula is C31H30F6N4O4S. The Kier molecular flexibility index (Phi) is 8.60. The van der Waals surface area contributed by atoms with Crippen LogP contribution in [0.25, 0.3) is 0 Å². The third-order valence-corrected chi connectivity index (χ3v) is 10.5.